The molecule has 0 unspecified atom stereocenters. The summed E-state index contributed by atoms with van der Waals surface area (Å²) in [5, 5.41) is 9.81. The Kier molecular flexibility index (Phi) is 6.11. The van der Waals surface area contributed by atoms with Crippen molar-refractivity contribution in [1.29, 1.82) is 0 Å². The van der Waals surface area contributed by atoms with Gasteiger partial charge in [-0.15, -0.1) is 0 Å². The lowest BCUT2D eigenvalue weighted by Gasteiger charge is -2.31. The summed E-state index contributed by atoms with van der Waals surface area (Å²) in [5.74, 6) is -0.617. The van der Waals surface area contributed by atoms with Crippen LogP contribution in [0.15, 0.2) is 48.5 Å². The van der Waals surface area contributed by atoms with Crippen LogP contribution >= 0.6 is 0 Å². The van der Waals surface area contributed by atoms with Crippen LogP contribution in [0.4, 0.5) is 0 Å². The second-order valence-corrected chi connectivity index (χ2v) is 6.99. The molecular formula is C22H25N3O3. The minimum atomic E-state index is -0.731. The number of rotatable bonds is 5. The van der Waals surface area contributed by atoms with Crippen LogP contribution in [0.25, 0.3) is 6.08 Å². The SMILES string of the molecule is NCc1cccc(C2CCN(C(=O)C=Cc3cccc(O)c3C(N)=O)CC2)c1. The number of phenols is 1. The molecule has 2 aromatic rings. The third-order valence-corrected chi connectivity index (χ3v) is 5.19. The highest BCUT2D eigenvalue weighted by Gasteiger charge is 2.23. The molecule has 0 atom stereocenters. The summed E-state index contributed by atoms with van der Waals surface area (Å²) in [4.78, 5) is 25.9. The van der Waals surface area contributed by atoms with E-state index in [0.717, 1.165) is 18.4 Å². The molecule has 0 radical (unpaired) electrons. The first-order valence-corrected chi connectivity index (χ1v) is 9.37. The van der Waals surface area contributed by atoms with E-state index in [4.69, 9.17) is 11.5 Å². The number of hydrogen-bond acceptors (Lipinski definition) is 4. The molecule has 0 saturated carbocycles. The average molecular weight is 379 g/mol. The van der Waals surface area contributed by atoms with Crippen molar-refractivity contribution < 1.29 is 14.7 Å². The van der Waals surface area contributed by atoms with Crippen molar-refractivity contribution in [1.82, 2.24) is 4.90 Å². The number of nitrogens with two attached hydrogens (primary N) is 2. The van der Waals surface area contributed by atoms with E-state index in [1.165, 1.54) is 23.8 Å². The van der Waals surface area contributed by atoms with E-state index in [1.54, 1.807) is 17.0 Å². The van der Waals surface area contributed by atoms with Gasteiger partial charge in [0, 0.05) is 25.7 Å². The maximum atomic E-state index is 12.5. The molecular weight excluding hydrogens is 354 g/mol. The first-order chi connectivity index (χ1) is 13.5. The van der Waals surface area contributed by atoms with E-state index in [1.807, 2.05) is 12.1 Å². The van der Waals surface area contributed by atoms with Crippen molar-refractivity contribution in [2.24, 2.45) is 11.5 Å². The van der Waals surface area contributed by atoms with E-state index < -0.39 is 5.91 Å². The minimum Gasteiger partial charge on any atom is -0.507 e. The van der Waals surface area contributed by atoms with Gasteiger partial charge in [0.25, 0.3) is 5.91 Å². The summed E-state index contributed by atoms with van der Waals surface area (Å²) >= 11 is 0. The lowest BCUT2D eigenvalue weighted by molar-refractivity contribution is -0.126. The van der Waals surface area contributed by atoms with Crippen LogP contribution < -0.4 is 11.5 Å². The van der Waals surface area contributed by atoms with Crippen molar-refractivity contribution in [3.63, 3.8) is 0 Å². The predicted octanol–water partition coefficient (Wildman–Crippen LogP) is 2.37. The largest absolute Gasteiger partial charge is 0.507 e. The molecule has 1 heterocycles. The number of carbonyl (C=O) groups is 2. The lowest BCUT2D eigenvalue weighted by atomic mass is 9.88. The molecule has 1 saturated heterocycles. The van der Waals surface area contributed by atoms with Crippen LogP contribution in [-0.4, -0.2) is 34.9 Å². The van der Waals surface area contributed by atoms with Gasteiger partial charge in [-0.3, -0.25) is 9.59 Å². The second-order valence-electron chi connectivity index (χ2n) is 6.99. The summed E-state index contributed by atoms with van der Waals surface area (Å²) in [7, 11) is 0. The molecule has 0 spiro atoms. The van der Waals surface area contributed by atoms with E-state index in [-0.39, 0.29) is 17.2 Å². The Bertz CT molecular complexity index is 900. The highest BCUT2D eigenvalue weighted by Crippen LogP contribution is 2.29. The lowest BCUT2D eigenvalue weighted by Crippen LogP contribution is -2.36. The number of nitrogens with zero attached hydrogens (tertiary/aromatic N) is 1. The van der Waals surface area contributed by atoms with Crippen molar-refractivity contribution in [2.75, 3.05) is 13.1 Å². The number of hydrogen-bond donors (Lipinski definition) is 3. The fraction of sp³-hybridized carbons (Fsp3) is 0.273. The first kappa shape index (κ1) is 19.6. The monoisotopic (exact) mass is 379 g/mol. The predicted molar refractivity (Wildman–Crippen MR) is 109 cm³/mol. The second kappa shape index (κ2) is 8.71. The van der Waals surface area contributed by atoms with Gasteiger partial charge < -0.3 is 21.5 Å². The molecule has 2 aromatic carbocycles. The van der Waals surface area contributed by atoms with Gasteiger partial charge >= 0.3 is 0 Å². The summed E-state index contributed by atoms with van der Waals surface area (Å²) < 4.78 is 0. The maximum Gasteiger partial charge on any atom is 0.253 e. The van der Waals surface area contributed by atoms with E-state index >= 15 is 0 Å². The topological polar surface area (TPSA) is 110 Å². The van der Waals surface area contributed by atoms with Crippen LogP contribution in [0.3, 0.4) is 0 Å². The molecule has 0 aliphatic carbocycles. The van der Waals surface area contributed by atoms with E-state index in [2.05, 4.69) is 12.1 Å². The Morgan fingerprint density at radius 1 is 1.14 bits per heavy atom. The molecule has 0 bridgehead atoms. The van der Waals surface area contributed by atoms with Gasteiger partial charge in [-0.2, -0.15) is 0 Å². The number of amides is 2. The quantitative estimate of drug-likeness (QED) is 0.693. The van der Waals surface area contributed by atoms with Gasteiger partial charge in [-0.05, 0) is 47.6 Å². The molecule has 28 heavy (non-hydrogen) atoms. The number of aromatic hydroxyl groups is 1. The third-order valence-electron chi connectivity index (χ3n) is 5.19. The number of carbonyl (C=O) groups excluding carboxylic acids is 2. The number of benzene rings is 2. The summed E-state index contributed by atoms with van der Waals surface area (Å²) in [6.45, 7) is 1.87. The van der Waals surface area contributed by atoms with E-state index in [0.29, 0.717) is 31.1 Å². The van der Waals surface area contributed by atoms with Gasteiger partial charge in [-0.1, -0.05) is 36.4 Å². The summed E-state index contributed by atoms with van der Waals surface area (Å²) in [5.41, 5.74) is 13.9. The molecule has 1 aliphatic heterocycles. The number of primary amides is 1. The molecule has 6 nitrogen and oxygen atoms in total. The van der Waals surface area contributed by atoms with Gasteiger partial charge in [0.2, 0.25) is 5.91 Å². The zero-order chi connectivity index (χ0) is 20.1. The molecule has 1 aliphatic rings. The van der Waals surface area contributed by atoms with E-state index in [9.17, 15) is 14.7 Å². The van der Waals surface area contributed by atoms with Gasteiger partial charge in [0.05, 0.1) is 5.56 Å². The fourth-order valence-corrected chi connectivity index (χ4v) is 3.64. The highest BCUT2D eigenvalue weighted by atomic mass is 16.3. The Hall–Kier alpha value is -3.12. The third kappa shape index (κ3) is 4.40. The van der Waals surface area contributed by atoms with Gasteiger partial charge in [0.1, 0.15) is 5.75 Å². The Morgan fingerprint density at radius 3 is 2.54 bits per heavy atom. The van der Waals surface area contributed by atoms with Crippen molar-refractivity contribution in [3.05, 3.63) is 70.8 Å². The van der Waals surface area contributed by atoms with Crippen LogP contribution in [0.2, 0.25) is 0 Å². The Morgan fingerprint density at radius 2 is 1.86 bits per heavy atom. The molecule has 146 valence electrons. The molecule has 0 aromatic heterocycles. The molecule has 6 heteroatoms. The van der Waals surface area contributed by atoms with Crippen LogP contribution in [0, 0.1) is 0 Å². The standard InChI is InChI=1S/C22H25N3O3/c23-14-15-3-1-5-18(13-15)16-9-11-25(12-10-16)20(27)8-7-17-4-2-6-19(26)21(17)22(24)28/h1-8,13,16,26H,9-12,14,23H2,(H2,24,28). The normalized spacial score (nSPS) is 15.1. The Labute approximate surface area is 164 Å². The summed E-state index contributed by atoms with van der Waals surface area (Å²) in [6, 6.07) is 13.0. The van der Waals surface area contributed by atoms with Crippen molar-refractivity contribution in [2.45, 2.75) is 25.3 Å². The summed E-state index contributed by atoms with van der Waals surface area (Å²) in [6.07, 6.45) is 4.74. The van der Waals surface area contributed by atoms with Gasteiger partial charge in [0.15, 0.2) is 0 Å². The molecule has 5 N–H and O–H groups in total. The van der Waals surface area contributed by atoms with Gasteiger partial charge in [-0.25, -0.2) is 0 Å². The van der Waals surface area contributed by atoms with Crippen LogP contribution in [-0.2, 0) is 11.3 Å². The zero-order valence-electron chi connectivity index (χ0n) is 15.7. The maximum absolute atomic E-state index is 12.5. The minimum absolute atomic E-state index is 0.0186. The average Bonchev–Trinajstić information content (AvgIpc) is 2.72. The number of likely N-dealkylation sites (tertiary alicyclic amines) is 1. The smallest absolute Gasteiger partial charge is 0.253 e. The molecule has 3 rings (SSSR count). The molecule has 1 fully saturated rings. The fourth-order valence-electron chi connectivity index (χ4n) is 3.64. The zero-order valence-corrected chi connectivity index (χ0v) is 15.7. The van der Waals surface area contributed by atoms with Crippen molar-refractivity contribution in [3.8, 4) is 5.75 Å². The first-order valence-electron chi connectivity index (χ1n) is 9.37. The van der Waals surface area contributed by atoms with Crippen LogP contribution in [0.5, 0.6) is 5.75 Å². The highest BCUT2D eigenvalue weighted by molar-refractivity contribution is 6.01. The van der Waals surface area contributed by atoms with Crippen molar-refractivity contribution >= 4 is 17.9 Å². The number of piperidine rings is 1. The van der Waals surface area contributed by atoms with Crippen LogP contribution in [0.1, 0.15) is 45.8 Å². The Balaban J connectivity index is 1.64. The molecule has 2 amide bonds.